The first kappa shape index (κ1) is 26.3. The van der Waals surface area contributed by atoms with Crippen molar-refractivity contribution in [2.24, 2.45) is 0 Å². The molecule has 37 heavy (non-hydrogen) atoms. The van der Waals surface area contributed by atoms with Crippen LogP contribution >= 0.6 is 0 Å². The second-order valence-electron chi connectivity index (χ2n) is 10.2. The SMILES string of the molecule is CCOC(=O)c1cn(Cc2ccccc2F)c2nc(C(C)(C)C)c(CN(C)Cc3ccccc3)n2c1=O. The van der Waals surface area contributed by atoms with Gasteiger partial charge in [0.15, 0.2) is 0 Å². The van der Waals surface area contributed by atoms with Crippen molar-refractivity contribution in [1.82, 2.24) is 18.9 Å². The van der Waals surface area contributed by atoms with Crippen molar-refractivity contribution < 1.29 is 13.9 Å². The predicted octanol–water partition coefficient (Wildman–Crippen LogP) is 4.79. The number of fused-ring (bicyclic) bond motifs is 1. The molecule has 0 saturated carbocycles. The average Bonchev–Trinajstić information content (AvgIpc) is 3.23. The maximum absolute atomic E-state index is 14.6. The fourth-order valence-electron chi connectivity index (χ4n) is 4.46. The molecule has 4 rings (SSSR count). The molecule has 7 nitrogen and oxygen atoms in total. The summed E-state index contributed by atoms with van der Waals surface area (Å²) in [5, 5.41) is 0. The Labute approximate surface area is 216 Å². The van der Waals surface area contributed by atoms with E-state index in [9.17, 15) is 14.0 Å². The summed E-state index contributed by atoms with van der Waals surface area (Å²) in [4.78, 5) is 33.5. The van der Waals surface area contributed by atoms with Gasteiger partial charge in [0.1, 0.15) is 11.4 Å². The molecule has 0 aliphatic heterocycles. The van der Waals surface area contributed by atoms with Crippen LogP contribution in [0.2, 0.25) is 0 Å². The summed E-state index contributed by atoms with van der Waals surface area (Å²) in [6, 6.07) is 16.5. The van der Waals surface area contributed by atoms with Crippen LogP contribution in [0.1, 0.15) is 60.6 Å². The van der Waals surface area contributed by atoms with Crippen LogP contribution in [-0.4, -0.2) is 38.5 Å². The Balaban J connectivity index is 1.92. The fourth-order valence-corrected chi connectivity index (χ4v) is 4.46. The summed E-state index contributed by atoms with van der Waals surface area (Å²) < 4.78 is 22.9. The predicted molar refractivity (Wildman–Crippen MR) is 141 cm³/mol. The molecular weight excluding hydrogens is 471 g/mol. The second kappa shape index (κ2) is 10.7. The lowest BCUT2D eigenvalue weighted by Gasteiger charge is -2.22. The van der Waals surface area contributed by atoms with Crippen LogP contribution in [0.15, 0.2) is 65.6 Å². The summed E-state index contributed by atoms with van der Waals surface area (Å²) in [6.45, 7) is 9.11. The quantitative estimate of drug-likeness (QED) is 0.323. The third-order valence-corrected chi connectivity index (χ3v) is 6.15. The number of halogens is 1. The van der Waals surface area contributed by atoms with E-state index in [1.165, 1.54) is 16.7 Å². The first-order valence-corrected chi connectivity index (χ1v) is 12.4. The van der Waals surface area contributed by atoms with Gasteiger partial charge in [-0.3, -0.25) is 9.69 Å². The number of aromatic nitrogens is 3. The summed E-state index contributed by atoms with van der Waals surface area (Å²) in [5.74, 6) is -0.733. The van der Waals surface area contributed by atoms with Crippen molar-refractivity contribution >= 4 is 11.7 Å². The molecular formula is C29H33FN4O3. The van der Waals surface area contributed by atoms with Gasteiger partial charge < -0.3 is 9.30 Å². The number of carbonyl (C=O) groups is 1. The van der Waals surface area contributed by atoms with Crippen LogP contribution in [0.3, 0.4) is 0 Å². The molecule has 0 fully saturated rings. The standard InChI is InChI=1S/C29H33FN4O3/c1-6-37-27(36)22-18-33(17-21-14-10-11-15-23(21)30)28-31-25(29(2,3)4)24(34(28)26(22)35)19-32(5)16-20-12-8-7-9-13-20/h7-15,18H,6,16-17,19H2,1-5H3. The van der Waals surface area contributed by atoms with Gasteiger partial charge in [-0.1, -0.05) is 69.3 Å². The Morgan fingerprint density at radius 3 is 2.38 bits per heavy atom. The van der Waals surface area contributed by atoms with Gasteiger partial charge in [0, 0.05) is 30.3 Å². The number of nitrogens with zero attached hydrogens (tertiary/aromatic N) is 4. The van der Waals surface area contributed by atoms with Crippen molar-refractivity contribution in [3.8, 4) is 0 Å². The zero-order valence-electron chi connectivity index (χ0n) is 22.0. The molecule has 0 amide bonds. The van der Waals surface area contributed by atoms with E-state index in [1.54, 1.807) is 29.7 Å². The van der Waals surface area contributed by atoms with E-state index in [0.717, 1.165) is 11.3 Å². The van der Waals surface area contributed by atoms with E-state index in [4.69, 9.17) is 9.72 Å². The number of hydrogen-bond donors (Lipinski definition) is 0. The van der Waals surface area contributed by atoms with E-state index < -0.39 is 11.5 Å². The molecule has 2 aromatic carbocycles. The maximum atomic E-state index is 14.6. The molecule has 8 heteroatoms. The molecule has 0 atom stereocenters. The van der Waals surface area contributed by atoms with Crippen molar-refractivity contribution in [3.63, 3.8) is 0 Å². The highest BCUT2D eigenvalue weighted by atomic mass is 19.1. The highest BCUT2D eigenvalue weighted by Gasteiger charge is 2.29. The van der Waals surface area contributed by atoms with Crippen LogP contribution in [0.5, 0.6) is 0 Å². The molecule has 0 aliphatic carbocycles. The minimum Gasteiger partial charge on any atom is -0.462 e. The fraction of sp³-hybridized carbons (Fsp3) is 0.345. The lowest BCUT2D eigenvalue weighted by Crippen LogP contribution is -2.30. The highest BCUT2D eigenvalue weighted by molar-refractivity contribution is 5.89. The zero-order valence-corrected chi connectivity index (χ0v) is 22.0. The molecule has 0 N–H and O–H groups in total. The minimum absolute atomic E-state index is 0.0999. The number of ether oxygens (including phenoxy) is 1. The highest BCUT2D eigenvalue weighted by Crippen LogP contribution is 2.27. The minimum atomic E-state index is -0.716. The Morgan fingerprint density at radius 1 is 1.05 bits per heavy atom. The third-order valence-electron chi connectivity index (χ3n) is 6.15. The first-order chi connectivity index (χ1) is 17.6. The topological polar surface area (TPSA) is 68.8 Å². The molecule has 0 spiro atoms. The number of benzene rings is 2. The molecule has 0 saturated heterocycles. The van der Waals surface area contributed by atoms with E-state index in [-0.39, 0.29) is 29.9 Å². The summed E-state index contributed by atoms with van der Waals surface area (Å²) in [5.41, 5.74) is 2.00. The van der Waals surface area contributed by atoms with E-state index in [2.05, 4.69) is 17.0 Å². The van der Waals surface area contributed by atoms with E-state index in [1.807, 2.05) is 46.0 Å². The molecule has 0 aliphatic rings. The zero-order chi connectivity index (χ0) is 26.7. The second-order valence-corrected chi connectivity index (χ2v) is 10.2. The van der Waals surface area contributed by atoms with Gasteiger partial charge in [0.25, 0.3) is 5.56 Å². The number of carbonyl (C=O) groups excluding carboxylic acids is 1. The van der Waals surface area contributed by atoms with Crippen LogP contribution in [0.25, 0.3) is 5.78 Å². The Kier molecular flexibility index (Phi) is 7.59. The van der Waals surface area contributed by atoms with Gasteiger partial charge in [0.2, 0.25) is 5.78 Å². The first-order valence-electron chi connectivity index (χ1n) is 12.4. The van der Waals surface area contributed by atoms with Crippen molar-refractivity contribution in [1.29, 1.82) is 0 Å². The van der Waals surface area contributed by atoms with Crippen molar-refractivity contribution in [2.45, 2.75) is 52.7 Å². The van der Waals surface area contributed by atoms with Gasteiger partial charge in [-0.15, -0.1) is 0 Å². The van der Waals surface area contributed by atoms with Gasteiger partial charge in [-0.2, -0.15) is 0 Å². The van der Waals surface area contributed by atoms with Crippen LogP contribution in [0, 0.1) is 5.82 Å². The maximum Gasteiger partial charge on any atom is 0.345 e. The number of hydrogen-bond acceptors (Lipinski definition) is 5. The lowest BCUT2D eigenvalue weighted by molar-refractivity contribution is 0.0523. The Morgan fingerprint density at radius 2 is 1.73 bits per heavy atom. The van der Waals surface area contributed by atoms with Crippen molar-refractivity contribution in [2.75, 3.05) is 13.7 Å². The number of imidazole rings is 1. The number of rotatable bonds is 8. The van der Waals surface area contributed by atoms with Gasteiger partial charge in [-0.25, -0.2) is 18.6 Å². The van der Waals surface area contributed by atoms with Crippen LogP contribution < -0.4 is 5.56 Å². The smallest absolute Gasteiger partial charge is 0.345 e. The molecule has 0 radical (unpaired) electrons. The van der Waals surface area contributed by atoms with Crippen LogP contribution in [-0.2, 0) is 29.8 Å². The van der Waals surface area contributed by atoms with Gasteiger partial charge in [0.05, 0.1) is 24.5 Å². The largest absolute Gasteiger partial charge is 0.462 e. The average molecular weight is 505 g/mol. The summed E-state index contributed by atoms with van der Waals surface area (Å²) >= 11 is 0. The number of esters is 1. The normalized spacial score (nSPS) is 11.9. The van der Waals surface area contributed by atoms with E-state index in [0.29, 0.717) is 30.1 Å². The Hall–Kier alpha value is -3.78. The molecule has 194 valence electrons. The third kappa shape index (κ3) is 5.64. The van der Waals surface area contributed by atoms with Crippen LogP contribution in [0.4, 0.5) is 4.39 Å². The molecule has 2 aromatic heterocycles. The molecule has 0 unspecified atom stereocenters. The Bertz CT molecular complexity index is 1470. The molecule has 0 bridgehead atoms. The van der Waals surface area contributed by atoms with E-state index >= 15 is 0 Å². The lowest BCUT2D eigenvalue weighted by atomic mass is 9.90. The monoisotopic (exact) mass is 504 g/mol. The van der Waals surface area contributed by atoms with Gasteiger partial charge in [-0.05, 0) is 25.6 Å². The summed E-state index contributed by atoms with van der Waals surface area (Å²) in [6.07, 6.45) is 1.43. The van der Waals surface area contributed by atoms with Gasteiger partial charge >= 0.3 is 5.97 Å². The molecule has 4 aromatic rings. The molecule has 2 heterocycles. The van der Waals surface area contributed by atoms with Crippen molar-refractivity contribution in [3.05, 3.63) is 105 Å². The summed E-state index contributed by atoms with van der Waals surface area (Å²) in [7, 11) is 1.98.